The fourth-order valence-corrected chi connectivity index (χ4v) is 5.61. The van der Waals surface area contributed by atoms with E-state index in [9.17, 15) is 8.42 Å². The van der Waals surface area contributed by atoms with Crippen molar-refractivity contribution in [3.05, 3.63) is 38.4 Å². The number of halogens is 2. The number of nitrogens with zero attached hydrogens (tertiary/aromatic N) is 1. The summed E-state index contributed by atoms with van der Waals surface area (Å²) in [5, 5.41) is 2.00. The van der Waals surface area contributed by atoms with E-state index in [-0.39, 0.29) is 15.4 Å². The second-order valence-electron chi connectivity index (χ2n) is 4.44. The largest absolute Gasteiger partial charge is 0.452 e. The van der Waals surface area contributed by atoms with Crippen LogP contribution in [0.5, 0.6) is 0 Å². The molecule has 0 radical (unpaired) electrons. The molecule has 3 heterocycles. The van der Waals surface area contributed by atoms with Gasteiger partial charge in [0.2, 0.25) is 10.0 Å². The number of hydrogen-bond acceptors (Lipinski definition) is 4. The lowest BCUT2D eigenvalue weighted by Gasteiger charge is -2.25. The van der Waals surface area contributed by atoms with E-state index in [1.54, 1.807) is 11.3 Å². The molecule has 1 aliphatic heterocycles. The summed E-state index contributed by atoms with van der Waals surface area (Å²) in [6.07, 6.45) is 0.754. The third kappa shape index (κ3) is 2.46. The number of sulfonamides is 1. The van der Waals surface area contributed by atoms with Crippen molar-refractivity contribution in [1.29, 1.82) is 0 Å². The molecule has 0 amide bonds. The van der Waals surface area contributed by atoms with Crippen LogP contribution in [0, 0.1) is 0 Å². The highest BCUT2D eigenvalue weighted by atomic mass is 79.9. The maximum Gasteiger partial charge on any atom is 0.247 e. The molecular weight excluding hydrogens is 386 g/mol. The van der Waals surface area contributed by atoms with Crippen LogP contribution in [0.3, 0.4) is 0 Å². The van der Waals surface area contributed by atoms with Crippen molar-refractivity contribution in [3.63, 3.8) is 0 Å². The average molecular weight is 397 g/mol. The first kappa shape index (κ1) is 14.6. The van der Waals surface area contributed by atoms with Gasteiger partial charge in [0.25, 0.3) is 0 Å². The predicted octanol–water partition coefficient (Wildman–Crippen LogP) is 3.59. The summed E-state index contributed by atoms with van der Waals surface area (Å²) in [6, 6.07) is 3.46. The zero-order chi connectivity index (χ0) is 14.3. The van der Waals surface area contributed by atoms with E-state index in [1.807, 2.05) is 11.4 Å². The zero-order valence-corrected chi connectivity index (χ0v) is 14.3. The molecule has 0 bridgehead atoms. The van der Waals surface area contributed by atoms with Crippen molar-refractivity contribution in [2.24, 2.45) is 0 Å². The van der Waals surface area contributed by atoms with Crippen LogP contribution in [0.2, 0.25) is 0 Å². The molecule has 0 unspecified atom stereocenters. The van der Waals surface area contributed by atoms with Gasteiger partial charge in [0.15, 0.2) is 4.67 Å². The predicted molar refractivity (Wildman–Crippen MR) is 81.6 cm³/mol. The van der Waals surface area contributed by atoms with Crippen molar-refractivity contribution >= 4 is 48.9 Å². The number of hydrogen-bond donors (Lipinski definition) is 0. The van der Waals surface area contributed by atoms with Crippen LogP contribution < -0.4 is 0 Å². The number of rotatable bonds is 3. The molecule has 0 saturated carbocycles. The summed E-state index contributed by atoms with van der Waals surface area (Å²) in [7, 11) is -3.56. The average Bonchev–Trinajstić information content (AvgIpc) is 3.03. The summed E-state index contributed by atoms with van der Waals surface area (Å²) in [6.45, 7) is 0.901. The van der Waals surface area contributed by atoms with E-state index < -0.39 is 10.0 Å². The highest BCUT2D eigenvalue weighted by Crippen LogP contribution is 2.33. The summed E-state index contributed by atoms with van der Waals surface area (Å²) < 4.78 is 32.3. The van der Waals surface area contributed by atoms with Gasteiger partial charge in [0.1, 0.15) is 10.7 Å². The Bertz CT molecular complexity index is 738. The summed E-state index contributed by atoms with van der Waals surface area (Å²) in [5.74, 6) is 0.577. The maximum atomic E-state index is 12.7. The standard InChI is InChI=1S/C12H11BrClNO3S2/c13-12-11(5-9(6-14)18-12)20(16,17)15-3-1-10-8(7-15)2-4-19-10/h2,4-5H,1,3,6-7H2. The number of fused-ring (bicyclic) bond motifs is 1. The highest BCUT2D eigenvalue weighted by Gasteiger charge is 2.32. The lowest BCUT2D eigenvalue weighted by Crippen LogP contribution is -2.35. The lowest BCUT2D eigenvalue weighted by molar-refractivity contribution is 0.392. The topological polar surface area (TPSA) is 50.5 Å². The summed E-state index contributed by atoms with van der Waals surface area (Å²) >= 11 is 10.5. The smallest absolute Gasteiger partial charge is 0.247 e. The van der Waals surface area contributed by atoms with Crippen molar-refractivity contribution in [3.8, 4) is 0 Å². The molecule has 20 heavy (non-hydrogen) atoms. The monoisotopic (exact) mass is 395 g/mol. The van der Waals surface area contributed by atoms with Gasteiger partial charge in [-0.05, 0) is 39.4 Å². The van der Waals surface area contributed by atoms with Crippen LogP contribution in [0.15, 0.2) is 31.5 Å². The van der Waals surface area contributed by atoms with Gasteiger partial charge in [-0.3, -0.25) is 0 Å². The fourth-order valence-electron chi connectivity index (χ4n) is 2.21. The minimum Gasteiger partial charge on any atom is -0.452 e. The molecule has 1 aliphatic rings. The van der Waals surface area contributed by atoms with Crippen LogP contribution in [0.25, 0.3) is 0 Å². The third-order valence-corrected chi connectivity index (χ3v) is 7.22. The molecule has 0 saturated heterocycles. The SMILES string of the molecule is O=S(=O)(c1cc(CCl)oc1Br)N1CCc2sccc2C1. The van der Waals surface area contributed by atoms with Crippen molar-refractivity contribution in [1.82, 2.24) is 4.31 Å². The Labute approximate surface area is 134 Å². The second kappa shape index (κ2) is 5.46. The minimum atomic E-state index is -3.56. The van der Waals surface area contributed by atoms with E-state index >= 15 is 0 Å². The van der Waals surface area contributed by atoms with Gasteiger partial charge in [-0.1, -0.05) is 0 Å². The number of thiophene rings is 1. The van der Waals surface area contributed by atoms with Crippen LogP contribution in [-0.2, 0) is 28.9 Å². The Morgan fingerprint density at radius 1 is 1.50 bits per heavy atom. The van der Waals surface area contributed by atoms with Crippen LogP contribution in [-0.4, -0.2) is 19.3 Å². The first-order valence-electron chi connectivity index (χ1n) is 5.92. The van der Waals surface area contributed by atoms with Crippen molar-refractivity contribution in [2.45, 2.75) is 23.7 Å². The van der Waals surface area contributed by atoms with Crippen molar-refractivity contribution in [2.75, 3.05) is 6.54 Å². The van der Waals surface area contributed by atoms with Crippen molar-refractivity contribution < 1.29 is 12.8 Å². The Morgan fingerprint density at radius 2 is 2.30 bits per heavy atom. The molecule has 3 rings (SSSR count). The zero-order valence-electron chi connectivity index (χ0n) is 10.3. The van der Waals surface area contributed by atoms with E-state index in [4.69, 9.17) is 16.0 Å². The van der Waals surface area contributed by atoms with Gasteiger partial charge >= 0.3 is 0 Å². The molecule has 0 aliphatic carbocycles. The van der Waals surface area contributed by atoms with Crippen LogP contribution in [0.4, 0.5) is 0 Å². The van der Waals surface area contributed by atoms with Gasteiger partial charge in [0.05, 0.1) is 5.88 Å². The molecule has 4 nitrogen and oxygen atoms in total. The second-order valence-corrected chi connectivity index (χ2v) is 8.34. The summed E-state index contributed by atoms with van der Waals surface area (Å²) in [4.78, 5) is 1.41. The van der Waals surface area contributed by atoms with Gasteiger partial charge in [-0.25, -0.2) is 8.42 Å². The highest BCUT2D eigenvalue weighted by molar-refractivity contribution is 9.10. The molecule has 0 fully saturated rings. The van der Waals surface area contributed by atoms with E-state index in [2.05, 4.69) is 15.9 Å². The van der Waals surface area contributed by atoms with Gasteiger partial charge < -0.3 is 4.42 Å². The van der Waals surface area contributed by atoms with Crippen LogP contribution in [0.1, 0.15) is 16.2 Å². The maximum absolute atomic E-state index is 12.7. The van der Waals surface area contributed by atoms with E-state index in [1.165, 1.54) is 15.2 Å². The molecule has 0 atom stereocenters. The number of alkyl halides is 1. The molecule has 8 heteroatoms. The minimum absolute atomic E-state index is 0.142. The normalized spacial score (nSPS) is 16.3. The Morgan fingerprint density at radius 3 is 3.00 bits per heavy atom. The summed E-state index contributed by atoms with van der Waals surface area (Å²) in [5.41, 5.74) is 1.09. The molecule has 108 valence electrons. The third-order valence-electron chi connectivity index (χ3n) is 3.23. The Balaban J connectivity index is 1.95. The molecule has 2 aromatic rings. The first-order valence-corrected chi connectivity index (χ1v) is 9.56. The van der Waals surface area contributed by atoms with Gasteiger partial charge in [0, 0.05) is 24.0 Å². The van der Waals surface area contributed by atoms with E-state index in [0.29, 0.717) is 18.8 Å². The Kier molecular flexibility index (Phi) is 3.98. The molecular formula is C12H11BrClNO3S2. The molecule has 0 N–H and O–H groups in total. The first-order chi connectivity index (χ1) is 9.52. The van der Waals surface area contributed by atoms with E-state index in [0.717, 1.165) is 12.0 Å². The Hall–Kier alpha value is -0.340. The van der Waals surface area contributed by atoms with Gasteiger partial charge in [-0.2, -0.15) is 4.31 Å². The lowest BCUT2D eigenvalue weighted by atomic mass is 10.1. The van der Waals surface area contributed by atoms with Crippen LogP contribution >= 0.6 is 38.9 Å². The molecule has 2 aromatic heterocycles. The quantitative estimate of drug-likeness (QED) is 0.745. The van der Waals surface area contributed by atoms with Gasteiger partial charge in [-0.15, -0.1) is 22.9 Å². The fraction of sp³-hybridized carbons (Fsp3) is 0.333. The molecule has 0 aromatic carbocycles. The number of furan rings is 1. The molecule has 0 spiro atoms.